The van der Waals surface area contributed by atoms with Crippen LogP contribution in [0.2, 0.25) is 0 Å². The van der Waals surface area contributed by atoms with Gasteiger partial charge in [-0.1, -0.05) is 63.1 Å². The van der Waals surface area contributed by atoms with Crippen molar-refractivity contribution >= 4 is 16.6 Å². The van der Waals surface area contributed by atoms with E-state index in [0.717, 1.165) is 37.7 Å². The van der Waals surface area contributed by atoms with Gasteiger partial charge in [-0.3, -0.25) is 4.79 Å². The Morgan fingerprint density at radius 2 is 1.70 bits per heavy atom. The molecule has 0 unspecified atom stereocenters. The average molecular weight is 268 g/mol. The van der Waals surface area contributed by atoms with E-state index in [1.807, 2.05) is 6.07 Å². The standard InChI is InChI=1S/C19H24O/c1-3-5-10-17-16-11-8-7-9-15(16)13-14-18(17)19(20)12-6-4-2/h7-9,11,13-14H,3-6,10,12H2,1-2H3. The lowest BCUT2D eigenvalue weighted by Crippen LogP contribution is -2.05. The highest BCUT2D eigenvalue weighted by Crippen LogP contribution is 2.25. The number of unbranched alkanes of at least 4 members (excludes halogenated alkanes) is 2. The lowest BCUT2D eigenvalue weighted by Gasteiger charge is -2.12. The van der Waals surface area contributed by atoms with Crippen LogP contribution in [0.1, 0.15) is 61.9 Å². The molecule has 0 N–H and O–H groups in total. The summed E-state index contributed by atoms with van der Waals surface area (Å²) in [6.07, 6.45) is 6.04. The van der Waals surface area contributed by atoms with Gasteiger partial charge in [0.2, 0.25) is 0 Å². The first-order valence-corrected chi connectivity index (χ1v) is 7.81. The zero-order valence-electron chi connectivity index (χ0n) is 12.6. The van der Waals surface area contributed by atoms with Crippen molar-refractivity contribution in [3.05, 3.63) is 47.5 Å². The van der Waals surface area contributed by atoms with E-state index in [2.05, 4.69) is 44.2 Å². The molecule has 1 heteroatoms. The monoisotopic (exact) mass is 268 g/mol. The zero-order chi connectivity index (χ0) is 14.4. The topological polar surface area (TPSA) is 17.1 Å². The van der Waals surface area contributed by atoms with Gasteiger partial charge in [0.1, 0.15) is 0 Å². The molecule has 0 amide bonds. The molecule has 2 aromatic carbocycles. The van der Waals surface area contributed by atoms with Crippen LogP contribution in [0.15, 0.2) is 36.4 Å². The van der Waals surface area contributed by atoms with E-state index >= 15 is 0 Å². The second-order valence-electron chi connectivity index (χ2n) is 5.44. The minimum absolute atomic E-state index is 0.309. The van der Waals surface area contributed by atoms with Crippen molar-refractivity contribution in [3.8, 4) is 0 Å². The molecule has 106 valence electrons. The third-order valence-electron chi connectivity index (χ3n) is 3.88. The van der Waals surface area contributed by atoms with Crippen LogP contribution in [-0.4, -0.2) is 5.78 Å². The highest BCUT2D eigenvalue weighted by atomic mass is 16.1. The number of carbonyl (C=O) groups is 1. The highest BCUT2D eigenvalue weighted by molar-refractivity contribution is 6.02. The maximum atomic E-state index is 12.4. The number of fused-ring (bicyclic) bond motifs is 1. The minimum atomic E-state index is 0.309. The molecule has 2 aromatic rings. The van der Waals surface area contributed by atoms with Crippen LogP contribution in [0.25, 0.3) is 10.8 Å². The fraction of sp³-hybridized carbons (Fsp3) is 0.421. The average Bonchev–Trinajstić information content (AvgIpc) is 2.50. The van der Waals surface area contributed by atoms with Crippen molar-refractivity contribution in [1.29, 1.82) is 0 Å². The second-order valence-corrected chi connectivity index (χ2v) is 5.44. The Hall–Kier alpha value is -1.63. The summed E-state index contributed by atoms with van der Waals surface area (Å²) in [6.45, 7) is 4.33. The van der Waals surface area contributed by atoms with E-state index < -0.39 is 0 Å². The molecule has 0 saturated heterocycles. The molecule has 0 aromatic heterocycles. The van der Waals surface area contributed by atoms with E-state index in [0.29, 0.717) is 12.2 Å². The van der Waals surface area contributed by atoms with Gasteiger partial charge in [0, 0.05) is 12.0 Å². The fourth-order valence-electron chi connectivity index (χ4n) is 2.69. The third-order valence-corrected chi connectivity index (χ3v) is 3.88. The smallest absolute Gasteiger partial charge is 0.163 e. The molecule has 0 atom stereocenters. The first-order valence-electron chi connectivity index (χ1n) is 7.81. The summed E-state index contributed by atoms with van der Waals surface area (Å²) in [5, 5.41) is 2.49. The minimum Gasteiger partial charge on any atom is -0.294 e. The normalized spacial score (nSPS) is 10.9. The predicted molar refractivity (Wildman–Crippen MR) is 86.4 cm³/mol. The molecule has 0 aliphatic rings. The SMILES string of the molecule is CCCCC(=O)c1ccc2ccccc2c1CCCC. The van der Waals surface area contributed by atoms with Gasteiger partial charge in [-0.15, -0.1) is 0 Å². The number of hydrogen-bond donors (Lipinski definition) is 0. The first kappa shape index (κ1) is 14.8. The summed E-state index contributed by atoms with van der Waals surface area (Å²) in [4.78, 5) is 12.4. The van der Waals surface area contributed by atoms with E-state index in [1.165, 1.54) is 16.3 Å². The maximum Gasteiger partial charge on any atom is 0.163 e. The van der Waals surface area contributed by atoms with Gasteiger partial charge < -0.3 is 0 Å². The molecule has 1 nitrogen and oxygen atoms in total. The number of carbonyl (C=O) groups excluding carboxylic acids is 1. The predicted octanol–water partition coefficient (Wildman–Crippen LogP) is 5.56. The van der Waals surface area contributed by atoms with Crippen LogP contribution in [-0.2, 0) is 6.42 Å². The van der Waals surface area contributed by atoms with Gasteiger partial charge in [0.25, 0.3) is 0 Å². The van der Waals surface area contributed by atoms with Crippen molar-refractivity contribution in [1.82, 2.24) is 0 Å². The second kappa shape index (κ2) is 7.23. The number of hydrogen-bond acceptors (Lipinski definition) is 1. The Kier molecular flexibility index (Phi) is 5.34. The lowest BCUT2D eigenvalue weighted by atomic mass is 9.91. The number of Topliss-reactive ketones (excluding diaryl/α,β-unsaturated/α-hetero) is 1. The van der Waals surface area contributed by atoms with Gasteiger partial charge in [-0.05, 0) is 35.6 Å². The van der Waals surface area contributed by atoms with Gasteiger partial charge in [0.15, 0.2) is 5.78 Å². The molecule has 0 spiro atoms. The number of ketones is 1. The maximum absolute atomic E-state index is 12.4. The molecule has 0 fully saturated rings. The first-order chi connectivity index (χ1) is 9.77. The van der Waals surface area contributed by atoms with Gasteiger partial charge in [-0.2, -0.15) is 0 Å². The Morgan fingerprint density at radius 3 is 2.45 bits per heavy atom. The van der Waals surface area contributed by atoms with Crippen molar-refractivity contribution in [3.63, 3.8) is 0 Å². The van der Waals surface area contributed by atoms with E-state index in [1.54, 1.807) is 0 Å². The molecule has 20 heavy (non-hydrogen) atoms. The summed E-state index contributed by atoms with van der Waals surface area (Å²) in [6, 6.07) is 12.5. The quantitative estimate of drug-likeness (QED) is 0.601. The van der Waals surface area contributed by atoms with Crippen molar-refractivity contribution < 1.29 is 4.79 Å². The van der Waals surface area contributed by atoms with Gasteiger partial charge in [-0.25, -0.2) is 0 Å². The Bertz CT molecular complexity index is 583. The Morgan fingerprint density at radius 1 is 0.950 bits per heavy atom. The summed E-state index contributed by atoms with van der Waals surface area (Å²) in [5.41, 5.74) is 2.21. The van der Waals surface area contributed by atoms with Gasteiger partial charge in [0.05, 0.1) is 0 Å². The van der Waals surface area contributed by atoms with Crippen LogP contribution in [0, 0.1) is 0 Å². The highest BCUT2D eigenvalue weighted by Gasteiger charge is 2.13. The molecule has 0 aliphatic heterocycles. The van der Waals surface area contributed by atoms with Crippen molar-refractivity contribution in [2.45, 2.75) is 52.4 Å². The molecule has 0 heterocycles. The Balaban J connectivity index is 2.44. The summed E-state index contributed by atoms with van der Waals surface area (Å²) in [7, 11) is 0. The summed E-state index contributed by atoms with van der Waals surface area (Å²) in [5.74, 6) is 0.309. The van der Waals surface area contributed by atoms with E-state index in [4.69, 9.17) is 0 Å². The van der Waals surface area contributed by atoms with E-state index in [-0.39, 0.29) is 0 Å². The number of aryl methyl sites for hydroxylation is 1. The van der Waals surface area contributed by atoms with Crippen LogP contribution in [0.5, 0.6) is 0 Å². The molecular weight excluding hydrogens is 244 g/mol. The zero-order valence-corrected chi connectivity index (χ0v) is 12.6. The molecule has 2 rings (SSSR count). The summed E-state index contributed by atoms with van der Waals surface area (Å²) < 4.78 is 0. The lowest BCUT2D eigenvalue weighted by molar-refractivity contribution is 0.0979. The largest absolute Gasteiger partial charge is 0.294 e. The molecule has 0 bridgehead atoms. The van der Waals surface area contributed by atoms with Crippen LogP contribution >= 0.6 is 0 Å². The Labute approximate surface area is 122 Å². The van der Waals surface area contributed by atoms with Crippen molar-refractivity contribution in [2.75, 3.05) is 0 Å². The third kappa shape index (κ3) is 3.27. The van der Waals surface area contributed by atoms with Crippen LogP contribution in [0.3, 0.4) is 0 Å². The molecular formula is C19H24O. The number of benzene rings is 2. The van der Waals surface area contributed by atoms with E-state index in [9.17, 15) is 4.79 Å². The van der Waals surface area contributed by atoms with Crippen LogP contribution in [0.4, 0.5) is 0 Å². The summed E-state index contributed by atoms with van der Waals surface area (Å²) >= 11 is 0. The number of rotatable bonds is 7. The molecule has 0 radical (unpaired) electrons. The molecule has 0 aliphatic carbocycles. The molecule has 0 saturated carbocycles. The van der Waals surface area contributed by atoms with Crippen molar-refractivity contribution in [2.24, 2.45) is 0 Å². The fourth-order valence-corrected chi connectivity index (χ4v) is 2.69. The van der Waals surface area contributed by atoms with Gasteiger partial charge >= 0.3 is 0 Å². The van der Waals surface area contributed by atoms with Crippen LogP contribution < -0.4 is 0 Å².